The van der Waals surface area contributed by atoms with Crippen molar-refractivity contribution in [3.63, 3.8) is 0 Å². The fourth-order valence-electron chi connectivity index (χ4n) is 3.38. The monoisotopic (exact) mass is 391 g/mol. The van der Waals surface area contributed by atoms with Crippen LogP contribution in [0.3, 0.4) is 0 Å². The predicted molar refractivity (Wildman–Crippen MR) is 97.4 cm³/mol. The standard InChI is InChI=1S/C18H25ClF3N3O/c1-12(25-8-4-5-13(11-25)10-24(2)3)17(26)23-16-7-6-14(19)9-15(16)18(20,21)22/h6-7,9,12-13H,4-5,8,10-11H2,1-3H3,(H,23,26)/t12-,13+/m1/s1. The third kappa shape index (κ3) is 5.59. The van der Waals surface area contributed by atoms with Gasteiger partial charge in [0.2, 0.25) is 5.91 Å². The fourth-order valence-corrected chi connectivity index (χ4v) is 3.55. The molecule has 146 valence electrons. The van der Waals surface area contributed by atoms with E-state index in [9.17, 15) is 18.0 Å². The van der Waals surface area contributed by atoms with E-state index in [1.54, 1.807) is 6.92 Å². The second kappa shape index (κ2) is 8.59. The van der Waals surface area contributed by atoms with Crippen LogP contribution in [0, 0.1) is 5.92 Å². The number of piperidine rings is 1. The molecule has 2 rings (SSSR count). The highest BCUT2D eigenvalue weighted by molar-refractivity contribution is 6.30. The number of rotatable bonds is 5. The number of halogens is 4. The summed E-state index contributed by atoms with van der Waals surface area (Å²) in [5, 5.41) is 2.41. The average molecular weight is 392 g/mol. The van der Waals surface area contributed by atoms with Gasteiger partial charge in [-0.2, -0.15) is 13.2 Å². The Balaban J connectivity index is 2.08. The van der Waals surface area contributed by atoms with Gasteiger partial charge in [-0.05, 0) is 64.5 Å². The van der Waals surface area contributed by atoms with E-state index >= 15 is 0 Å². The maximum atomic E-state index is 13.2. The largest absolute Gasteiger partial charge is 0.418 e. The van der Waals surface area contributed by atoms with Gasteiger partial charge in [-0.1, -0.05) is 11.6 Å². The zero-order valence-corrected chi connectivity index (χ0v) is 16.0. The highest BCUT2D eigenvalue weighted by Gasteiger charge is 2.35. The molecule has 1 aliphatic heterocycles. The lowest BCUT2D eigenvalue weighted by Gasteiger charge is -2.37. The van der Waals surface area contributed by atoms with Crippen LogP contribution in [0.25, 0.3) is 0 Å². The molecule has 2 atom stereocenters. The Kier molecular flexibility index (Phi) is 6.93. The highest BCUT2D eigenvalue weighted by atomic mass is 35.5. The van der Waals surface area contributed by atoms with Crippen molar-refractivity contribution in [1.82, 2.24) is 9.80 Å². The number of amides is 1. The molecule has 4 nitrogen and oxygen atoms in total. The molecule has 1 aromatic rings. The van der Waals surface area contributed by atoms with Crippen molar-refractivity contribution in [3.8, 4) is 0 Å². The van der Waals surface area contributed by atoms with Crippen LogP contribution >= 0.6 is 11.6 Å². The van der Waals surface area contributed by atoms with Crippen molar-refractivity contribution in [1.29, 1.82) is 0 Å². The summed E-state index contributed by atoms with van der Waals surface area (Å²) in [4.78, 5) is 16.7. The molecule has 0 unspecified atom stereocenters. The number of likely N-dealkylation sites (tertiary alicyclic amines) is 1. The lowest BCUT2D eigenvalue weighted by molar-refractivity contribution is -0.137. The Labute approximate surface area is 157 Å². The van der Waals surface area contributed by atoms with Gasteiger partial charge >= 0.3 is 6.18 Å². The maximum Gasteiger partial charge on any atom is 0.418 e. The molecule has 1 heterocycles. The van der Waals surface area contributed by atoms with Crippen LogP contribution < -0.4 is 5.32 Å². The van der Waals surface area contributed by atoms with Gasteiger partial charge in [0.1, 0.15) is 0 Å². The molecule has 0 spiro atoms. The normalized spacial score (nSPS) is 20.2. The van der Waals surface area contributed by atoms with Crippen LogP contribution in [0.2, 0.25) is 5.02 Å². The van der Waals surface area contributed by atoms with Gasteiger partial charge in [-0.3, -0.25) is 9.69 Å². The van der Waals surface area contributed by atoms with Gasteiger partial charge in [0.25, 0.3) is 0 Å². The molecule has 26 heavy (non-hydrogen) atoms. The lowest BCUT2D eigenvalue weighted by atomic mass is 9.96. The average Bonchev–Trinajstić information content (AvgIpc) is 2.54. The van der Waals surface area contributed by atoms with Gasteiger partial charge in [0.15, 0.2) is 0 Å². The Morgan fingerprint density at radius 2 is 2.12 bits per heavy atom. The first kappa shape index (κ1) is 21.0. The molecule has 0 aromatic heterocycles. The van der Waals surface area contributed by atoms with Gasteiger partial charge in [0.05, 0.1) is 17.3 Å². The molecular weight excluding hydrogens is 367 g/mol. The molecule has 0 bridgehead atoms. The van der Waals surface area contributed by atoms with Crippen LogP contribution in [0.5, 0.6) is 0 Å². The van der Waals surface area contributed by atoms with Gasteiger partial charge in [0, 0.05) is 18.1 Å². The Morgan fingerprint density at radius 3 is 2.73 bits per heavy atom. The molecule has 1 fully saturated rings. The van der Waals surface area contributed by atoms with Gasteiger partial charge in [-0.15, -0.1) is 0 Å². The summed E-state index contributed by atoms with van der Waals surface area (Å²) in [6, 6.07) is 2.86. The fraction of sp³-hybridized carbons (Fsp3) is 0.611. The summed E-state index contributed by atoms with van der Waals surface area (Å²) < 4.78 is 39.5. The van der Waals surface area contributed by atoms with Crippen molar-refractivity contribution in [2.75, 3.05) is 39.0 Å². The predicted octanol–water partition coefficient (Wildman–Crippen LogP) is 3.96. The number of hydrogen-bond donors (Lipinski definition) is 1. The van der Waals surface area contributed by atoms with E-state index < -0.39 is 23.7 Å². The molecule has 0 aliphatic carbocycles. The van der Waals surface area contributed by atoms with Crippen LogP contribution in [-0.4, -0.2) is 55.5 Å². The van der Waals surface area contributed by atoms with Crippen LogP contribution in [0.15, 0.2) is 18.2 Å². The summed E-state index contributed by atoms with van der Waals surface area (Å²) in [5.41, 5.74) is -1.20. The van der Waals surface area contributed by atoms with Crippen LogP contribution in [0.4, 0.5) is 18.9 Å². The number of carbonyl (C=O) groups is 1. The first-order valence-electron chi connectivity index (χ1n) is 8.64. The smallest absolute Gasteiger partial charge is 0.324 e. The quantitative estimate of drug-likeness (QED) is 0.825. The topological polar surface area (TPSA) is 35.6 Å². The number of benzene rings is 1. The number of carbonyl (C=O) groups excluding carboxylic acids is 1. The zero-order chi connectivity index (χ0) is 19.5. The van der Waals surface area contributed by atoms with E-state index in [1.165, 1.54) is 12.1 Å². The number of hydrogen-bond acceptors (Lipinski definition) is 3. The summed E-state index contributed by atoms with van der Waals surface area (Å²) in [6.07, 6.45) is -2.51. The Morgan fingerprint density at radius 1 is 1.42 bits per heavy atom. The third-order valence-electron chi connectivity index (χ3n) is 4.65. The number of nitrogens with zero attached hydrogens (tertiary/aromatic N) is 2. The summed E-state index contributed by atoms with van der Waals surface area (Å²) in [5.74, 6) is 0.0126. The molecular formula is C18H25ClF3N3O. The Bertz CT molecular complexity index is 637. The molecule has 0 radical (unpaired) electrons. The minimum atomic E-state index is -4.58. The minimum absolute atomic E-state index is 0.0223. The number of anilines is 1. The van der Waals surface area contributed by atoms with Gasteiger partial charge in [-0.25, -0.2) is 0 Å². The lowest BCUT2D eigenvalue weighted by Crippen LogP contribution is -2.48. The van der Waals surface area contributed by atoms with E-state index in [1.807, 2.05) is 19.0 Å². The van der Waals surface area contributed by atoms with E-state index in [2.05, 4.69) is 10.2 Å². The second-order valence-corrected chi connectivity index (χ2v) is 7.55. The summed E-state index contributed by atoms with van der Waals surface area (Å²) >= 11 is 5.68. The summed E-state index contributed by atoms with van der Waals surface area (Å²) in [7, 11) is 4.02. The molecule has 1 aromatic carbocycles. The molecule has 1 aliphatic rings. The van der Waals surface area contributed by atoms with Crippen molar-refractivity contribution < 1.29 is 18.0 Å². The zero-order valence-electron chi connectivity index (χ0n) is 15.2. The van der Waals surface area contributed by atoms with Crippen LogP contribution in [-0.2, 0) is 11.0 Å². The van der Waals surface area contributed by atoms with E-state index in [4.69, 9.17) is 11.6 Å². The van der Waals surface area contributed by atoms with Crippen LogP contribution in [0.1, 0.15) is 25.3 Å². The van der Waals surface area contributed by atoms with Crippen molar-refractivity contribution >= 4 is 23.2 Å². The van der Waals surface area contributed by atoms with Crippen molar-refractivity contribution in [2.45, 2.75) is 32.0 Å². The number of nitrogens with one attached hydrogen (secondary N) is 1. The molecule has 0 saturated carbocycles. The molecule has 8 heteroatoms. The number of alkyl halides is 3. The molecule has 1 N–H and O–H groups in total. The third-order valence-corrected chi connectivity index (χ3v) is 4.88. The summed E-state index contributed by atoms with van der Waals surface area (Å²) in [6.45, 7) is 4.20. The molecule has 1 saturated heterocycles. The SMILES string of the molecule is C[C@H](C(=O)Nc1ccc(Cl)cc1C(F)(F)F)N1CCC[C@@H](CN(C)C)C1. The maximum absolute atomic E-state index is 13.2. The van der Waals surface area contributed by atoms with E-state index in [0.29, 0.717) is 5.92 Å². The van der Waals surface area contributed by atoms with Crippen molar-refractivity contribution in [3.05, 3.63) is 28.8 Å². The second-order valence-electron chi connectivity index (χ2n) is 7.12. The van der Waals surface area contributed by atoms with E-state index in [0.717, 1.165) is 38.5 Å². The first-order chi connectivity index (χ1) is 12.1. The molecule has 1 amide bonds. The first-order valence-corrected chi connectivity index (χ1v) is 9.02. The minimum Gasteiger partial charge on any atom is -0.324 e. The Hall–Kier alpha value is -1.31. The van der Waals surface area contributed by atoms with Crippen molar-refractivity contribution in [2.24, 2.45) is 5.92 Å². The highest BCUT2D eigenvalue weighted by Crippen LogP contribution is 2.36. The van der Waals surface area contributed by atoms with Gasteiger partial charge < -0.3 is 10.2 Å². The van der Waals surface area contributed by atoms with E-state index in [-0.39, 0.29) is 10.7 Å².